The highest BCUT2D eigenvalue weighted by Crippen LogP contribution is 2.52. The standard InChI is InChI=1S/C11H14N2O6S/c1-3(14)4-7(15)13-5(9(16)17)6(20-8(4)13)11(2,12)10(18)19/h3-4,8,14H,12H2,1-2H3,(H,16,17)(H,18,19)/t3?,4-,8+,11-/m0/s1. The van der Waals surface area contributed by atoms with Crippen LogP contribution in [0.2, 0.25) is 0 Å². The van der Waals surface area contributed by atoms with Crippen LogP contribution in [0.25, 0.3) is 0 Å². The first-order chi connectivity index (χ1) is 9.10. The van der Waals surface area contributed by atoms with Crippen molar-refractivity contribution in [2.24, 2.45) is 11.7 Å². The van der Waals surface area contributed by atoms with Crippen molar-refractivity contribution in [3.05, 3.63) is 10.6 Å². The molecule has 0 saturated carbocycles. The minimum Gasteiger partial charge on any atom is -0.480 e. The number of β-lactam (4-membered cyclic amide) rings is 1. The first-order valence-corrected chi connectivity index (χ1v) is 6.66. The number of carboxylic acid groups (broad SMARTS) is 2. The van der Waals surface area contributed by atoms with E-state index in [1.54, 1.807) is 0 Å². The van der Waals surface area contributed by atoms with Gasteiger partial charge in [-0.3, -0.25) is 9.69 Å². The van der Waals surface area contributed by atoms with Gasteiger partial charge in [0.05, 0.1) is 12.0 Å². The third-order valence-electron chi connectivity index (χ3n) is 3.42. The zero-order valence-corrected chi connectivity index (χ0v) is 11.5. The Labute approximate surface area is 118 Å². The maximum atomic E-state index is 11.9. The number of aliphatic hydroxyl groups is 1. The quantitative estimate of drug-likeness (QED) is 0.484. The lowest BCUT2D eigenvalue weighted by Gasteiger charge is -2.43. The van der Waals surface area contributed by atoms with Gasteiger partial charge in [-0.15, -0.1) is 0 Å². The second-order valence-electron chi connectivity index (χ2n) is 4.97. The van der Waals surface area contributed by atoms with E-state index < -0.39 is 46.5 Å². The summed E-state index contributed by atoms with van der Waals surface area (Å²) in [5.74, 6) is -4.09. The number of carboxylic acids is 2. The Morgan fingerprint density at radius 1 is 1.45 bits per heavy atom. The normalized spacial score (nSPS) is 29.6. The predicted octanol–water partition coefficient (Wildman–Crippen LogP) is -1.00. The van der Waals surface area contributed by atoms with Gasteiger partial charge < -0.3 is 21.1 Å². The molecule has 1 amide bonds. The van der Waals surface area contributed by atoms with Gasteiger partial charge in [0.25, 0.3) is 0 Å². The Balaban J connectivity index is 2.46. The molecular weight excluding hydrogens is 288 g/mol. The average molecular weight is 302 g/mol. The number of hydrogen-bond donors (Lipinski definition) is 4. The molecule has 0 aromatic heterocycles. The number of carbonyl (C=O) groups excluding carboxylic acids is 1. The molecule has 2 rings (SSSR count). The van der Waals surface area contributed by atoms with Crippen LogP contribution >= 0.6 is 11.8 Å². The van der Waals surface area contributed by atoms with E-state index in [-0.39, 0.29) is 4.91 Å². The molecule has 110 valence electrons. The summed E-state index contributed by atoms with van der Waals surface area (Å²) < 4.78 is 0. The number of amides is 1. The lowest BCUT2D eigenvalue weighted by molar-refractivity contribution is -0.156. The molecule has 0 aromatic carbocycles. The lowest BCUT2D eigenvalue weighted by Crippen LogP contribution is -2.60. The first-order valence-electron chi connectivity index (χ1n) is 5.78. The molecule has 4 atom stereocenters. The zero-order valence-electron chi connectivity index (χ0n) is 10.7. The van der Waals surface area contributed by atoms with E-state index in [0.29, 0.717) is 0 Å². The summed E-state index contributed by atoms with van der Waals surface area (Å²) in [6.45, 7) is 2.60. The van der Waals surface area contributed by atoms with Crippen molar-refractivity contribution >= 4 is 29.6 Å². The van der Waals surface area contributed by atoms with Crippen LogP contribution < -0.4 is 5.73 Å². The van der Waals surface area contributed by atoms with Crippen molar-refractivity contribution in [1.29, 1.82) is 0 Å². The van der Waals surface area contributed by atoms with E-state index >= 15 is 0 Å². The van der Waals surface area contributed by atoms with Gasteiger partial charge in [0.15, 0.2) is 0 Å². The van der Waals surface area contributed by atoms with Crippen LogP contribution in [0.4, 0.5) is 0 Å². The topological polar surface area (TPSA) is 141 Å². The second kappa shape index (κ2) is 4.47. The fraction of sp³-hybridized carbons (Fsp3) is 0.545. The third-order valence-corrected chi connectivity index (χ3v) is 5.02. The minimum atomic E-state index is -1.90. The highest BCUT2D eigenvalue weighted by atomic mass is 32.2. The number of thioether (sulfide) groups is 1. The predicted molar refractivity (Wildman–Crippen MR) is 68.3 cm³/mol. The smallest absolute Gasteiger partial charge is 0.353 e. The summed E-state index contributed by atoms with van der Waals surface area (Å²) in [7, 11) is 0. The molecule has 20 heavy (non-hydrogen) atoms. The Kier molecular flexibility index (Phi) is 3.31. The molecule has 5 N–H and O–H groups in total. The minimum absolute atomic E-state index is 0.0843. The zero-order chi connectivity index (χ0) is 15.4. The van der Waals surface area contributed by atoms with Crippen LogP contribution in [0.3, 0.4) is 0 Å². The van der Waals surface area contributed by atoms with Gasteiger partial charge in [0.2, 0.25) is 5.91 Å². The van der Waals surface area contributed by atoms with Gasteiger partial charge in [-0.2, -0.15) is 0 Å². The number of fused-ring (bicyclic) bond motifs is 1. The van der Waals surface area contributed by atoms with Crippen molar-refractivity contribution in [2.45, 2.75) is 30.9 Å². The molecule has 2 heterocycles. The molecule has 2 aliphatic heterocycles. The van der Waals surface area contributed by atoms with Crippen LogP contribution in [0.15, 0.2) is 10.6 Å². The second-order valence-corrected chi connectivity index (χ2v) is 6.10. The molecule has 0 aliphatic carbocycles. The summed E-state index contributed by atoms with van der Waals surface area (Å²) in [5.41, 5.74) is 3.36. The Bertz CT molecular complexity index is 541. The SMILES string of the molecule is CC(O)[C@H]1C(=O)N2C(C(=O)O)=C([C@](C)(N)C(=O)O)S[C@H]12. The fourth-order valence-corrected chi connectivity index (χ4v) is 3.92. The van der Waals surface area contributed by atoms with E-state index in [2.05, 4.69) is 0 Å². The van der Waals surface area contributed by atoms with Gasteiger partial charge in [-0.25, -0.2) is 9.59 Å². The van der Waals surface area contributed by atoms with Crippen molar-refractivity contribution in [2.75, 3.05) is 0 Å². The maximum absolute atomic E-state index is 11.9. The molecular formula is C11H14N2O6S. The van der Waals surface area contributed by atoms with Crippen molar-refractivity contribution in [3.63, 3.8) is 0 Å². The highest BCUT2D eigenvalue weighted by molar-refractivity contribution is 8.04. The molecule has 0 spiro atoms. The molecule has 1 fully saturated rings. The van der Waals surface area contributed by atoms with Crippen LogP contribution in [0, 0.1) is 5.92 Å². The summed E-state index contributed by atoms with van der Waals surface area (Å²) in [6, 6.07) is 0. The largest absolute Gasteiger partial charge is 0.480 e. The first kappa shape index (κ1) is 14.8. The Hall–Kier alpha value is -1.58. The number of rotatable bonds is 4. The van der Waals surface area contributed by atoms with Crippen molar-refractivity contribution in [1.82, 2.24) is 4.90 Å². The Morgan fingerprint density at radius 2 is 2.00 bits per heavy atom. The van der Waals surface area contributed by atoms with Crippen LogP contribution in [-0.4, -0.2) is 55.1 Å². The van der Waals surface area contributed by atoms with Crippen LogP contribution in [-0.2, 0) is 14.4 Å². The molecule has 0 bridgehead atoms. The van der Waals surface area contributed by atoms with Crippen molar-refractivity contribution in [3.8, 4) is 0 Å². The number of aliphatic carboxylic acids is 2. The van der Waals surface area contributed by atoms with Gasteiger partial charge >= 0.3 is 11.9 Å². The molecule has 1 unspecified atom stereocenters. The molecule has 8 nitrogen and oxygen atoms in total. The van der Waals surface area contributed by atoms with E-state index in [4.69, 9.17) is 10.8 Å². The fourth-order valence-electron chi connectivity index (χ4n) is 2.25. The highest BCUT2D eigenvalue weighted by Gasteiger charge is 2.60. The third kappa shape index (κ3) is 1.81. The van der Waals surface area contributed by atoms with Crippen molar-refractivity contribution < 1.29 is 29.7 Å². The van der Waals surface area contributed by atoms with Gasteiger partial charge in [0.1, 0.15) is 16.6 Å². The number of nitrogens with two attached hydrogens (primary N) is 1. The number of nitrogens with zero attached hydrogens (tertiary/aromatic N) is 1. The number of aliphatic hydroxyl groups excluding tert-OH is 1. The molecule has 1 saturated heterocycles. The Morgan fingerprint density at radius 3 is 2.40 bits per heavy atom. The summed E-state index contributed by atoms with van der Waals surface area (Å²) in [6.07, 6.45) is -0.945. The summed E-state index contributed by atoms with van der Waals surface area (Å²) in [4.78, 5) is 35.3. The van der Waals surface area contributed by atoms with Gasteiger partial charge in [0, 0.05) is 4.91 Å². The number of carbonyl (C=O) groups is 3. The molecule has 0 aromatic rings. The van der Waals surface area contributed by atoms with Crippen LogP contribution in [0.5, 0.6) is 0 Å². The van der Waals surface area contributed by atoms with E-state index in [1.807, 2.05) is 0 Å². The lowest BCUT2D eigenvalue weighted by atomic mass is 9.91. The molecule has 9 heteroatoms. The summed E-state index contributed by atoms with van der Waals surface area (Å²) >= 11 is 0.910. The summed E-state index contributed by atoms with van der Waals surface area (Å²) in [5, 5.41) is 27.3. The monoisotopic (exact) mass is 302 g/mol. The average Bonchev–Trinajstić information content (AvgIpc) is 2.63. The van der Waals surface area contributed by atoms with E-state index in [1.165, 1.54) is 13.8 Å². The van der Waals surface area contributed by atoms with Gasteiger partial charge in [-0.05, 0) is 13.8 Å². The van der Waals surface area contributed by atoms with E-state index in [0.717, 1.165) is 16.7 Å². The number of hydrogen-bond acceptors (Lipinski definition) is 6. The molecule has 0 radical (unpaired) electrons. The van der Waals surface area contributed by atoms with Crippen LogP contribution in [0.1, 0.15) is 13.8 Å². The molecule has 2 aliphatic rings. The van der Waals surface area contributed by atoms with Gasteiger partial charge in [-0.1, -0.05) is 11.8 Å². The maximum Gasteiger partial charge on any atom is 0.353 e. The van der Waals surface area contributed by atoms with E-state index in [9.17, 15) is 24.6 Å².